The standard InChI is InChI=1S/C28H28N2O7S/c1-7-12-37-20-11-9-18(15-22(20)35-5)25-24(27(32)36-6)16(2)29-28-30(25)26(31)23(38-28)14-17-8-10-19(33-3)21(13-17)34-4/h7-11,13-15,25H,1,12H2,2-6H3/b23-14-. The van der Waals surface area contributed by atoms with Crippen LogP contribution < -0.4 is 33.8 Å². The molecule has 0 radical (unpaired) electrons. The number of carbonyl (C=O) groups excluding carboxylic acids is 1. The van der Waals surface area contributed by atoms with Crippen molar-refractivity contribution in [2.24, 2.45) is 4.99 Å². The summed E-state index contributed by atoms with van der Waals surface area (Å²) in [5, 5.41) is 0. The molecule has 0 saturated heterocycles. The fourth-order valence-electron chi connectivity index (χ4n) is 4.22. The molecule has 1 aliphatic heterocycles. The lowest BCUT2D eigenvalue weighted by atomic mass is 9.95. The minimum atomic E-state index is -0.784. The van der Waals surface area contributed by atoms with E-state index < -0.39 is 12.0 Å². The number of fused-ring (bicyclic) bond motifs is 1. The van der Waals surface area contributed by atoms with Crippen LogP contribution in [-0.4, -0.2) is 45.6 Å². The van der Waals surface area contributed by atoms with E-state index in [-0.39, 0.29) is 11.1 Å². The van der Waals surface area contributed by atoms with E-state index in [0.717, 1.165) is 5.56 Å². The van der Waals surface area contributed by atoms with E-state index in [9.17, 15) is 9.59 Å². The van der Waals surface area contributed by atoms with Crippen molar-refractivity contribution in [1.82, 2.24) is 4.57 Å². The molecule has 2 aromatic carbocycles. The zero-order valence-corrected chi connectivity index (χ0v) is 22.6. The Morgan fingerprint density at radius 1 is 1.03 bits per heavy atom. The maximum absolute atomic E-state index is 13.8. The zero-order chi connectivity index (χ0) is 27.4. The number of carbonyl (C=O) groups is 1. The number of benzene rings is 2. The van der Waals surface area contributed by atoms with Gasteiger partial charge < -0.3 is 23.7 Å². The molecule has 198 valence electrons. The van der Waals surface area contributed by atoms with Crippen LogP contribution in [0, 0.1) is 0 Å². The van der Waals surface area contributed by atoms with E-state index in [0.29, 0.717) is 50.2 Å². The van der Waals surface area contributed by atoms with Gasteiger partial charge in [0.1, 0.15) is 6.61 Å². The second-order valence-electron chi connectivity index (χ2n) is 8.20. The van der Waals surface area contributed by atoms with Crippen molar-refractivity contribution in [2.75, 3.05) is 35.0 Å². The minimum Gasteiger partial charge on any atom is -0.493 e. The summed E-state index contributed by atoms with van der Waals surface area (Å²) < 4.78 is 29.0. The van der Waals surface area contributed by atoms with Gasteiger partial charge in [0.25, 0.3) is 5.56 Å². The lowest BCUT2D eigenvalue weighted by Gasteiger charge is -2.25. The molecule has 1 unspecified atom stereocenters. The van der Waals surface area contributed by atoms with E-state index >= 15 is 0 Å². The normalized spacial score (nSPS) is 14.9. The van der Waals surface area contributed by atoms with Gasteiger partial charge in [-0.25, -0.2) is 9.79 Å². The number of hydrogen-bond acceptors (Lipinski definition) is 9. The highest BCUT2D eigenvalue weighted by atomic mass is 32.1. The fourth-order valence-corrected chi connectivity index (χ4v) is 5.27. The van der Waals surface area contributed by atoms with E-state index in [2.05, 4.69) is 11.6 Å². The summed E-state index contributed by atoms with van der Waals surface area (Å²) in [5.41, 5.74) is 1.82. The lowest BCUT2D eigenvalue weighted by molar-refractivity contribution is -0.136. The third kappa shape index (κ3) is 4.95. The molecule has 38 heavy (non-hydrogen) atoms. The van der Waals surface area contributed by atoms with Crippen LogP contribution in [-0.2, 0) is 9.53 Å². The van der Waals surface area contributed by atoms with Crippen LogP contribution in [0.3, 0.4) is 0 Å². The van der Waals surface area contributed by atoms with Crippen LogP contribution in [0.1, 0.15) is 24.1 Å². The van der Waals surface area contributed by atoms with E-state index in [4.69, 9.17) is 23.7 Å². The Morgan fingerprint density at radius 3 is 2.37 bits per heavy atom. The molecule has 1 aliphatic rings. The van der Waals surface area contributed by atoms with E-state index in [1.165, 1.54) is 30.1 Å². The van der Waals surface area contributed by atoms with Crippen LogP contribution in [0.15, 0.2) is 70.1 Å². The molecule has 9 nitrogen and oxygen atoms in total. The number of allylic oxidation sites excluding steroid dienone is 1. The molecule has 3 aromatic rings. The van der Waals surface area contributed by atoms with Crippen LogP contribution in [0.25, 0.3) is 6.08 Å². The van der Waals surface area contributed by atoms with Crippen molar-refractivity contribution in [3.05, 3.63) is 91.1 Å². The topological polar surface area (TPSA) is 97.6 Å². The highest BCUT2D eigenvalue weighted by molar-refractivity contribution is 7.07. The number of ether oxygens (including phenoxy) is 5. The van der Waals surface area contributed by atoms with Gasteiger partial charge in [-0.1, -0.05) is 36.1 Å². The maximum atomic E-state index is 13.8. The van der Waals surface area contributed by atoms with Gasteiger partial charge in [-0.05, 0) is 48.4 Å². The first-order valence-corrected chi connectivity index (χ1v) is 12.4. The number of aromatic nitrogens is 1. The van der Waals surface area contributed by atoms with Crippen molar-refractivity contribution in [1.29, 1.82) is 0 Å². The SMILES string of the molecule is C=CCOc1ccc(C2C(C(=O)OC)=C(C)N=c3s/c(=C\c4ccc(OC)c(OC)c4)c(=O)n32)cc1OC. The molecular weight excluding hydrogens is 508 g/mol. The summed E-state index contributed by atoms with van der Waals surface area (Å²) in [4.78, 5) is 31.8. The summed E-state index contributed by atoms with van der Waals surface area (Å²) in [6.45, 7) is 5.69. The molecule has 10 heteroatoms. The third-order valence-electron chi connectivity index (χ3n) is 5.99. The summed E-state index contributed by atoms with van der Waals surface area (Å²) in [7, 11) is 5.93. The Balaban J connectivity index is 1.92. The second kappa shape index (κ2) is 11.4. The van der Waals surface area contributed by atoms with Crippen LogP contribution >= 0.6 is 11.3 Å². The van der Waals surface area contributed by atoms with Gasteiger partial charge in [-0.3, -0.25) is 9.36 Å². The van der Waals surface area contributed by atoms with Crippen LogP contribution in [0.2, 0.25) is 0 Å². The largest absolute Gasteiger partial charge is 0.493 e. The van der Waals surface area contributed by atoms with E-state index in [1.807, 2.05) is 6.07 Å². The number of rotatable bonds is 9. The quantitative estimate of drug-likeness (QED) is 0.306. The van der Waals surface area contributed by atoms with Crippen molar-refractivity contribution in [2.45, 2.75) is 13.0 Å². The van der Waals surface area contributed by atoms with Crippen molar-refractivity contribution >= 4 is 23.4 Å². The summed E-state index contributed by atoms with van der Waals surface area (Å²) in [6.07, 6.45) is 3.39. The zero-order valence-electron chi connectivity index (χ0n) is 21.8. The summed E-state index contributed by atoms with van der Waals surface area (Å²) >= 11 is 1.23. The van der Waals surface area contributed by atoms with Crippen molar-refractivity contribution in [3.63, 3.8) is 0 Å². The molecule has 0 spiro atoms. The Labute approximate surface area is 223 Å². The minimum absolute atomic E-state index is 0.263. The molecule has 2 heterocycles. The Morgan fingerprint density at radius 2 is 1.71 bits per heavy atom. The molecule has 0 amide bonds. The smallest absolute Gasteiger partial charge is 0.338 e. The molecule has 0 bridgehead atoms. The predicted octanol–water partition coefficient (Wildman–Crippen LogP) is 3.00. The van der Waals surface area contributed by atoms with Gasteiger partial charge in [-0.2, -0.15) is 0 Å². The Kier molecular flexibility index (Phi) is 8.02. The molecule has 0 fully saturated rings. The molecule has 0 saturated carbocycles. The first-order valence-electron chi connectivity index (χ1n) is 11.6. The van der Waals surface area contributed by atoms with Crippen LogP contribution in [0.4, 0.5) is 0 Å². The average molecular weight is 537 g/mol. The van der Waals surface area contributed by atoms with E-state index in [1.54, 1.807) is 63.6 Å². The third-order valence-corrected chi connectivity index (χ3v) is 6.98. The molecule has 1 aromatic heterocycles. The van der Waals surface area contributed by atoms with Gasteiger partial charge in [0.15, 0.2) is 27.8 Å². The average Bonchev–Trinajstić information content (AvgIpc) is 3.24. The number of hydrogen-bond donors (Lipinski definition) is 0. The van der Waals surface area contributed by atoms with Gasteiger partial charge >= 0.3 is 5.97 Å². The fraction of sp³-hybridized carbons (Fsp3) is 0.250. The molecule has 0 N–H and O–H groups in total. The predicted molar refractivity (Wildman–Crippen MR) is 144 cm³/mol. The highest BCUT2D eigenvalue weighted by Crippen LogP contribution is 2.36. The molecule has 1 atom stereocenters. The molecule has 4 rings (SSSR count). The number of thiazole rings is 1. The van der Waals surface area contributed by atoms with Crippen LogP contribution in [0.5, 0.6) is 23.0 Å². The number of nitrogens with zero attached hydrogens (tertiary/aromatic N) is 2. The molecular formula is C28H28N2O7S. The lowest BCUT2D eigenvalue weighted by Crippen LogP contribution is -2.39. The maximum Gasteiger partial charge on any atom is 0.338 e. The highest BCUT2D eigenvalue weighted by Gasteiger charge is 2.33. The second-order valence-corrected chi connectivity index (χ2v) is 9.21. The van der Waals surface area contributed by atoms with Gasteiger partial charge in [0.05, 0.1) is 50.3 Å². The first-order chi connectivity index (χ1) is 18.4. The Bertz CT molecular complexity index is 1600. The number of esters is 1. The van der Waals surface area contributed by atoms with Gasteiger partial charge in [0.2, 0.25) is 0 Å². The first kappa shape index (κ1) is 26.7. The Hall–Kier alpha value is -4.31. The number of methoxy groups -OCH3 is 4. The summed E-state index contributed by atoms with van der Waals surface area (Å²) in [6, 6.07) is 9.87. The van der Waals surface area contributed by atoms with Gasteiger partial charge in [-0.15, -0.1) is 0 Å². The summed E-state index contributed by atoms with van der Waals surface area (Å²) in [5.74, 6) is 1.52. The molecule has 0 aliphatic carbocycles. The van der Waals surface area contributed by atoms with Gasteiger partial charge in [0, 0.05) is 0 Å². The monoisotopic (exact) mass is 536 g/mol. The van der Waals surface area contributed by atoms with Crippen molar-refractivity contribution < 1.29 is 28.5 Å². The van der Waals surface area contributed by atoms with Crippen molar-refractivity contribution in [3.8, 4) is 23.0 Å².